The standard InChI is InChI=1S/C10H16N8O2S/c1-2-12-8-15-9(13-5-7-21(11,19)20)17-10(16-8)18-6-3-4-14-18/h3-4,6H,2,5,7H2,1H3,(H2,11,19,20)(H2,12,13,15,16,17). The molecule has 2 heterocycles. The third kappa shape index (κ3) is 4.65. The highest BCUT2D eigenvalue weighted by atomic mass is 32.2. The van der Waals surface area contributed by atoms with Crippen LogP contribution >= 0.6 is 0 Å². The van der Waals surface area contributed by atoms with Crippen LogP contribution in [0.15, 0.2) is 18.5 Å². The molecule has 10 nitrogen and oxygen atoms in total. The van der Waals surface area contributed by atoms with Crippen molar-refractivity contribution in [2.45, 2.75) is 6.92 Å². The minimum Gasteiger partial charge on any atom is -0.354 e. The van der Waals surface area contributed by atoms with Gasteiger partial charge in [0.2, 0.25) is 21.9 Å². The molecule has 0 atom stereocenters. The van der Waals surface area contributed by atoms with Gasteiger partial charge < -0.3 is 10.6 Å². The highest BCUT2D eigenvalue weighted by Crippen LogP contribution is 2.08. The Balaban J connectivity index is 2.19. The number of nitrogens with two attached hydrogens (primary N) is 1. The summed E-state index contributed by atoms with van der Waals surface area (Å²) in [7, 11) is -3.53. The quantitative estimate of drug-likeness (QED) is 0.603. The molecule has 0 aliphatic rings. The van der Waals surface area contributed by atoms with Crippen LogP contribution in [0.3, 0.4) is 0 Å². The molecule has 0 aliphatic heterocycles. The van der Waals surface area contributed by atoms with Crippen molar-refractivity contribution in [1.29, 1.82) is 0 Å². The van der Waals surface area contributed by atoms with Gasteiger partial charge in [-0.05, 0) is 13.0 Å². The maximum Gasteiger partial charge on any atom is 0.257 e. The van der Waals surface area contributed by atoms with Gasteiger partial charge in [-0.1, -0.05) is 0 Å². The lowest BCUT2D eigenvalue weighted by atomic mass is 10.7. The van der Waals surface area contributed by atoms with Gasteiger partial charge in [-0.15, -0.1) is 0 Å². The van der Waals surface area contributed by atoms with E-state index < -0.39 is 10.0 Å². The van der Waals surface area contributed by atoms with Crippen molar-refractivity contribution >= 4 is 21.9 Å². The first-order valence-corrected chi connectivity index (χ1v) is 7.94. The first-order valence-electron chi connectivity index (χ1n) is 6.22. The van der Waals surface area contributed by atoms with Crippen LogP contribution in [0.1, 0.15) is 6.92 Å². The van der Waals surface area contributed by atoms with E-state index in [2.05, 4.69) is 30.7 Å². The Bertz CT molecular complexity index is 685. The molecule has 0 saturated carbocycles. The second-order valence-electron chi connectivity index (χ2n) is 4.06. The van der Waals surface area contributed by atoms with Crippen molar-refractivity contribution in [3.05, 3.63) is 18.5 Å². The minimum absolute atomic E-state index is 0.104. The third-order valence-corrected chi connectivity index (χ3v) is 3.11. The van der Waals surface area contributed by atoms with Crippen molar-refractivity contribution < 1.29 is 8.42 Å². The Morgan fingerprint density at radius 2 is 1.95 bits per heavy atom. The fraction of sp³-hybridized carbons (Fsp3) is 0.400. The molecule has 0 saturated heterocycles. The van der Waals surface area contributed by atoms with Crippen molar-refractivity contribution in [2.24, 2.45) is 5.14 Å². The summed E-state index contributed by atoms with van der Waals surface area (Å²) in [4.78, 5) is 12.5. The molecular weight excluding hydrogens is 296 g/mol. The van der Waals surface area contributed by atoms with Crippen molar-refractivity contribution in [1.82, 2.24) is 24.7 Å². The third-order valence-electron chi connectivity index (χ3n) is 2.34. The molecule has 4 N–H and O–H groups in total. The van der Waals surface area contributed by atoms with E-state index in [1.54, 1.807) is 18.5 Å². The van der Waals surface area contributed by atoms with E-state index in [4.69, 9.17) is 5.14 Å². The normalized spacial score (nSPS) is 11.3. The summed E-state index contributed by atoms with van der Waals surface area (Å²) < 4.78 is 23.3. The molecule has 0 unspecified atom stereocenters. The first kappa shape index (κ1) is 15.1. The zero-order chi connectivity index (χ0) is 15.3. The van der Waals surface area contributed by atoms with Crippen LogP contribution in [-0.2, 0) is 10.0 Å². The predicted octanol–water partition coefficient (Wildman–Crippen LogP) is -0.810. The number of primary sulfonamides is 1. The van der Waals surface area contributed by atoms with E-state index in [1.165, 1.54) is 4.68 Å². The lowest BCUT2D eigenvalue weighted by Gasteiger charge is -2.08. The Morgan fingerprint density at radius 3 is 2.52 bits per heavy atom. The van der Waals surface area contributed by atoms with Crippen LogP contribution in [0.2, 0.25) is 0 Å². The fourth-order valence-corrected chi connectivity index (χ4v) is 1.86. The van der Waals surface area contributed by atoms with E-state index in [-0.39, 0.29) is 18.2 Å². The molecule has 0 bridgehead atoms. The maximum atomic E-state index is 10.9. The van der Waals surface area contributed by atoms with E-state index in [0.717, 1.165) is 0 Å². The number of nitrogens with zero attached hydrogens (tertiary/aromatic N) is 5. The molecule has 2 rings (SSSR count). The number of hydrogen-bond donors (Lipinski definition) is 3. The van der Waals surface area contributed by atoms with E-state index in [0.29, 0.717) is 18.4 Å². The summed E-state index contributed by atoms with van der Waals surface area (Å²) >= 11 is 0. The van der Waals surface area contributed by atoms with E-state index in [9.17, 15) is 8.42 Å². The Kier molecular flexibility index (Phi) is 4.65. The lowest BCUT2D eigenvalue weighted by molar-refractivity contribution is 0.598. The van der Waals surface area contributed by atoms with Gasteiger partial charge in [0, 0.05) is 25.5 Å². The van der Waals surface area contributed by atoms with E-state index in [1.807, 2.05) is 6.92 Å². The van der Waals surface area contributed by atoms with Crippen LogP contribution in [-0.4, -0.2) is 52.0 Å². The van der Waals surface area contributed by atoms with Crippen LogP contribution in [0, 0.1) is 0 Å². The highest BCUT2D eigenvalue weighted by Gasteiger charge is 2.09. The molecule has 114 valence electrons. The summed E-state index contributed by atoms with van der Waals surface area (Å²) in [6.07, 6.45) is 3.30. The molecule has 0 amide bonds. The Morgan fingerprint density at radius 1 is 1.24 bits per heavy atom. The molecule has 0 fully saturated rings. The number of sulfonamides is 1. The van der Waals surface area contributed by atoms with Gasteiger partial charge in [0.15, 0.2) is 0 Å². The molecular formula is C10H16N8O2S. The number of hydrogen-bond acceptors (Lipinski definition) is 8. The van der Waals surface area contributed by atoms with Gasteiger partial charge in [0.1, 0.15) is 0 Å². The second kappa shape index (κ2) is 6.45. The molecule has 2 aromatic heterocycles. The minimum atomic E-state index is -3.53. The van der Waals surface area contributed by atoms with Gasteiger partial charge in [-0.2, -0.15) is 20.1 Å². The van der Waals surface area contributed by atoms with Crippen LogP contribution in [0.25, 0.3) is 5.95 Å². The number of aromatic nitrogens is 5. The summed E-state index contributed by atoms with van der Waals surface area (Å²) in [5.41, 5.74) is 0. The SMILES string of the molecule is CCNc1nc(NCCS(N)(=O)=O)nc(-n2cccn2)n1. The second-order valence-corrected chi connectivity index (χ2v) is 5.79. The van der Waals surface area contributed by atoms with Crippen molar-refractivity contribution in [3.63, 3.8) is 0 Å². The predicted molar refractivity (Wildman–Crippen MR) is 77.6 cm³/mol. The number of anilines is 2. The Labute approximate surface area is 121 Å². The van der Waals surface area contributed by atoms with Gasteiger partial charge in [0.25, 0.3) is 5.95 Å². The smallest absolute Gasteiger partial charge is 0.257 e. The number of rotatable bonds is 7. The van der Waals surface area contributed by atoms with Gasteiger partial charge >= 0.3 is 0 Å². The van der Waals surface area contributed by atoms with Crippen LogP contribution < -0.4 is 15.8 Å². The monoisotopic (exact) mass is 312 g/mol. The summed E-state index contributed by atoms with van der Waals surface area (Å²) in [6.45, 7) is 2.65. The first-order chi connectivity index (χ1) is 9.98. The molecule has 0 radical (unpaired) electrons. The zero-order valence-corrected chi connectivity index (χ0v) is 12.2. The largest absolute Gasteiger partial charge is 0.354 e. The fourth-order valence-electron chi connectivity index (χ4n) is 1.48. The average molecular weight is 312 g/mol. The number of nitrogens with one attached hydrogen (secondary N) is 2. The molecule has 0 aromatic carbocycles. The van der Waals surface area contributed by atoms with Gasteiger partial charge in [0.05, 0.1) is 5.75 Å². The van der Waals surface area contributed by atoms with Crippen molar-refractivity contribution in [2.75, 3.05) is 29.5 Å². The summed E-state index contributed by atoms with van der Waals surface area (Å²) in [5.74, 6) is 0.724. The lowest BCUT2D eigenvalue weighted by Crippen LogP contribution is -2.23. The summed E-state index contributed by atoms with van der Waals surface area (Å²) in [6, 6.07) is 1.74. The molecule has 2 aromatic rings. The average Bonchev–Trinajstić information content (AvgIpc) is 2.91. The molecule has 0 spiro atoms. The van der Waals surface area contributed by atoms with Gasteiger partial charge in [-0.3, -0.25) is 0 Å². The van der Waals surface area contributed by atoms with Crippen LogP contribution in [0.5, 0.6) is 0 Å². The van der Waals surface area contributed by atoms with Crippen molar-refractivity contribution in [3.8, 4) is 5.95 Å². The van der Waals surface area contributed by atoms with Gasteiger partial charge in [-0.25, -0.2) is 18.2 Å². The highest BCUT2D eigenvalue weighted by molar-refractivity contribution is 7.89. The maximum absolute atomic E-state index is 10.9. The Hall–Kier alpha value is -2.27. The van der Waals surface area contributed by atoms with E-state index >= 15 is 0 Å². The molecule has 21 heavy (non-hydrogen) atoms. The zero-order valence-electron chi connectivity index (χ0n) is 11.4. The molecule has 0 aliphatic carbocycles. The summed E-state index contributed by atoms with van der Waals surface area (Å²) in [5, 5.41) is 14.7. The topological polar surface area (TPSA) is 141 Å². The molecule has 11 heteroatoms. The van der Waals surface area contributed by atoms with Crippen LogP contribution in [0.4, 0.5) is 11.9 Å².